The lowest BCUT2D eigenvalue weighted by Crippen LogP contribution is -2.73. The van der Waals surface area contributed by atoms with Gasteiger partial charge in [-0.25, -0.2) is 0 Å². The van der Waals surface area contributed by atoms with Crippen LogP contribution in [-0.2, 0) is 4.74 Å². The summed E-state index contributed by atoms with van der Waals surface area (Å²) in [5.41, 5.74) is -11.8. The molecule has 0 aromatic carbocycles. The van der Waals surface area contributed by atoms with Crippen LogP contribution in [0.1, 0.15) is 38.5 Å². The fraction of sp³-hybridized carbons (Fsp3) is 0.905. The van der Waals surface area contributed by atoms with Crippen LogP contribution in [0.3, 0.4) is 0 Å². The van der Waals surface area contributed by atoms with Crippen molar-refractivity contribution in [1.82, 2.24) is 0 Å². The van der Waals surface area contributed by atoms with E-state index >= 15 is 0 Å². The minimum Gasteiger partial charge on any atom is -0.375 e. The van der Waals surface area contributed by atoms with Crippen LogP contribution in [0.15, 0.2) is 12.2 Å². The van der Waals surface area contributed by atoms with Gasteiger partial charge in [0, 0.05) is 17.8 Å². The first-order valence-electron chi connectivity index (χ1n) is 11.4. The Morgan fingerprint density at radius 3 is 1.46 bits per heavy atom. The van der Waals surface area contributed by atoms with Crippen LogP contribution < -0.4 is 0 Å². The molecule has 3 aliphatic rings. The molecule has 0 radical (unpaired) electrons. The van der Waals surface area contributed by atoms with Crippen LogP contribution in [0.25, 0.3) is 0 Å². The van der Waals surface area contributed by atoms with Crippen LogP contribution in [-0.4, -0.2) is 59.0 Å². The van der Waals surface area contributed by atoms with E-state index in [0.717, 1.165) is 0 Å². The van der Waals surface area contributed by atoms with Gasteiger partial charge in [0.2, 0.25) is 11.2 Å². The Labute approximate surface area is 209 Å². The zero-order valence-corrected chi connectivity index (χ0v) is 19.2. The van der Waals surface area contributed by atoms with Gasteiger partial charge in [-0.2, -0.15) is 70.2 Å². The number of allylic oxidation sites excluding steroid dienone is 1. The van der Waals surface area contributed by atoms with Gasteiger partial charge in [-0.05, 0) is 38.0 Å². The second-order valence-corrected chi connectivity index (χ2v) is 10.1. The Balaban J connectivity index is 2.19. The SMILES string of the molecule is OC(C1CCCC(C(OC2CC3C=CC2C3)(C(F)(F)F)C(F)(F)C(F)(F)F)C1)(C(F)(F)F)C(F)(F)C(F)(F)F. The molecule has 3 rings (SSSR count). The Hall–Kier alpha value is -1.46. The molecule has 7 unspecified atom stereocenters. The van der Waals surface area contributed by atoms with E-state index in [1.54, 1.807) is 0 Å². The molecule has 1 N–H and O–H groups in total. The molecule has 0 spiro atoms. The molecule has 0 aromatic heterocycles. The van der Waals surface area contributed by atoms with Crippen molar-refractivity contribution in [3.63, 3.8) is 0 Å². The van der Waals surface area contributed by atoms with Gasteiger partial charge >= 0.3 is 36.6 Å². The molecule has 0 saturated heterocycles. The van der Waals surface area contributed by atoms with E-state index in [4.69, 9.17) is 0 Å². The summed E-state index contributed by atoms with van der Waals surface area (Å²) in [7, 11) is 0. The van der Waals surface area contributed by atoms with Gasteiger partial charge in [-0.15, -0.1) is 0 Å². The van der Waals surface area contributed by atoms with Crippen molar-refractivity contribution in [3.8, 4) is 0 Å². The van der Waals surface area contributed by atoms with E-state index in [-0.39, 0.29) is 6.42 Å². The molecule has 2 saturated carbocycles. The van der Waals surface area contributed by atoms with Crippen LogP contribution in [0.5, 0.6) is 0 Å². The second kappa shape index (κ2) is 9.28. The molecule has 228 valence electrons. The molecule has 0 heterocycles. The van der Waals surface area contributed by atoms with Crippen molar-refractivity contribution >= 4 is 0 Å². The highest BCUT2D eigenvalue weighted by Gasteiger charge is 2.86. The predicted molar refractivity (Wildman–Crippen MR) is 97.5 cm³/mol. The van der Waals surface area contributed by atoms with E-state index in [9.17, 15) is 75.4 Å². The van der Waals surface area contributed by atoms with E-state index in [0.29, 0.717) is 0 Å². The third kappa shape index (κ3) is 4.68. The van der Waals surface area contributed by atoms with Crippen LogP contribution in [0.4, 0.5) is 70.2 Å². The zero-order valence-electron chi connectivity index (χ0n) is 19.2. The average molecular weight is 608 g/mol. The monoisotopic (exact) mass is 608 g/mol. The molecular formula is C21H20F16O2. The first kappa shape index (κ1) is 32.1. The highest BCUT2D eigenvalue weighted by molar-refractivity contribution is 5.16. The number of rotatable bonds is 6. The Bertz CT molecular complexity index is 932. The van der Waals surface area contributed by atoms with Crippen molar-refractivity contribution in [2.24, 2.45) is 23.7 Å². The number of hydrogen-bond donors (Lipinski definition) is 1. The summed E-state index contributed by atoms with van der Waals surface area (Å²) in [4.78, 5) is 0. The van der Waals surface area contributed by atoms with Crippen LogP contribution in [0.2, 0.25) is 0 Å². The minimum atomic E-state index is -7.13. The van der Waals surface area contributed by atoms with E-state index in [2.05, 4.69) is 4.74 Å². The predicted octanol–water partition coefficient (Wildman–Crippen LogP) is 7.76. The maximum absolute atomic E-state index is 14.9. The normalized spacial score (nSPS) is 32.3. The van der Waals surface area contributed by atoms with Gasteiger partial charge in [0.25, 0.3) is 0 Å². The fourth-order valence-electron chi connectivity index (χ4n) is 6.04. The first-order chi connectivity index (χ1) is 17.3. The molecule has 0 aliphatic heterocycles. The van der Waals surface area contributed by atoms with Gasteiger partial charge in [0.1, 0.15) is 0 Å². The number of fused-ring (bicyclic) bond motifs is 2. The van der Waals surface area contributed by atoms with Crippen molar-refractivity contribution in [3.05, 3.63) is 12.2 Å². The van der Waals surface area contributed by atoms with E-state index < -0.39 is 110 Å². The Morgan fingerprint density at radius 2 is 1.08 bits per heavy atom. The lowest BCUT2D eigenvalue weighted by molar-refractivity contribution is -0.441. The summed E-state index contributed by atoms with van der Waals surface area (Å²) in [6.45, 7) is 0. The second-order valence-electron chi connectivity index (χ2n) is 10.1. The number of aliphatic hydroxyl groups is 1. The third-order valence-electron chi connectivity index (χ3n) is 7.91. The van der Waals surface area contributed by atoms with Crippen LogP contribution in [0, 0.1) is 23.7 Å². The lowest BCUT2D eigenvalue weighted by Gasteiger charge is -2.52. The summed E-state index contributed by atoms with van der Waals surface area (Å²) in [5, 5.41) is 9.82. The van der Waals surface area contributed by atoms with E-state index in [1.807, 2.05) is 0 Å². The van der Waals surface area contributed by atoms with Gasteiger partial charge < -0.3 is 9.84 Å². The molecule has 7 atom stereocenters. The minimum absolute atomic E-state index is 0.00485. The molecular weight excluding hydrogens is 588 g/mol. The summed E-state index contributed by atoms with van der Waals surface area (Å²) in [6, 6.07) is 0. The van der Waals surface area contributed by atoms with Gasteiger partial charge in [-0.3, -0.25) is 0 Å². The molecule has 0 aromatic rings. The maximum Gasteiger partial charge on any atom is 0.456 e. The Morgan fingerprint density at radius 1 is 0.564 bits per heavy atom. The maximum atomic E-state index is 14.9. The number of halogens is 16. The van der Waals surface area contributed by atoms with Gasteiger partial charge in [-0.1, -0.05) is 18.6 Å². The molecule has 39 heavy (non-hydrogen) atoms. The third-order valence-corrected chi connectivity index (χ3v) is 7.91. The summed E-state index contributed by atoms with van der Waals surface area (Å²) < 4.78 is 226. The smallest absolute Gasteiger partial charge is 0.375 e. The van der Waals surface area contributed by atoms with Crippen molar-refractivity contribution in [2.45, 2.75) is 92.4 Å². The van der Waals surface area contributed by atoms with Crippen molar-refractivity contribution in [1.29, 1.82) is 0 Å². The molecule has 2 fully saturated rings. The molecule has 2 bridgehead atoms. The topological polar surface area (TPSA) is 29.5 Å². The van der Waals surface area contributed by atoms with E-state index in [1.165, 1.54) is 12.2 Å². The fourth-order valence-corrected chi connectivity index (χ4v) is 6.04. The average Bonchev–Trinajstić information content (AvgIpc) is 3.36. The van der Waals surface area contributed by atoms with Gasteiger partial charge in [0.05, 0.1) is 6.10 Å². The van der Waals surface area contributed by atoms with Crippen molar-refractivity contribution in [2.75, 3.05) is 0 Å². The number of ether oxygens (including phenoxy) is 1. The largest absolute Gasteiger partial charge is 0.456 e. The zero-order chi connectivity index (χ0) is 30.3. The molecule has 0 amide bonds. The first-order valence-corrected chi connectivity index (χ1v) is 11.4. The summed E-state index contributed by atoms with van der Waals surface area (Å²) >= 11 is 0. The van der Waals surface area contributed by atoms with Gasteiger partial charge in [0.15, 0.2) is 0 Å². The lowest BCUT2D eigenvalue weighted by atomic mass is 9.63. The molecule has 3 aliphatic carbocycles. The number of alkyl halides is 16. The van der Waals surface area contributed by atoms with Crippen molar-refractivity contribution < 1.29 is 80.1 Å². The quantitative estimate of drug-likeness (QED) is 0.247. The molecule has 2 nitrogen and oxygen atoms in total. The summed E-state index contributed by atoms with van der Waals surface area (Å²) in [5.74, 6) is -22.6. The van der Waals surface area contributed by atoms with Crippen LogP contribution >= 0.6 is 0 Å². The standard InChI is InChI=1S/C21H20F16O2/c22-16(23,20(32,33)34)14(38,18(26,27)28)11-2-1-3-12(8-11)15(19(29,30)31,17(24,25)21(35,36)37)39-13-7-9-4-5-10(13)6-9/h4-5,9-13,38H,1-3,6-8H2. The molecule has 18 heteroatoms. The summed E-state index contributed by atoms with van der Waals surface area (Å²) in [6.07, 6.45) is -34.1. The number of hydrogen-bond acceptors (Lipinski definition) is 2. The highest BCUT2D eigenvalue weighted by atomic mass is 19.4. The highest BCUT2D eigenvalue weighted by Crippen LogP contribution is 2.63. The Kier molecular flexibility index (Phi) is 7.62.